The SMILES string of the molecule is C[C@@H]1O[C@@]2(O[C@H](CO[Si](C)(C)C(C)(C)C)[C@H]3OC(C)(C)O[C@H]32)n2c1cc(=O)[nH]c2=O. The molecular formula is C20H32N2O7Si. The van der Waals surface area contributed by atoms with Crippen molar-refractivity contribution in [2.75, 3.05) is 6.61 Å². The van der Waals surface area contributed by atoms with Crippen LogP contribution in [-0.4, -0.2) is 48.6 Å². The highest BCUT2D eigenvalue weighted by molar-refractivity contribution is 6.74. The molecule has 1 aromatic heterocycles. The zero-order valence-electron chi connectivity index (χ0n) is 18.9. The maximum atomic E-state index is 12.8. The Morgan fingerprint density at radius 2 is 1.83 bits per heavy atom. The average molecular weight is 441 g/mol. The Bertz CT molecular complexity index is 963. The van der Waals surface area contributed by atoms with Gasteiger partial charge in [-0.15, -0.1) is 0 Å². The summed E-state index contributed by atoms with van der Waals surface area (Å²) in [5.41, 5.74) is -0.628. The number of aromatic amines is 1. The molecule has 0 aliphatic carbocycles. The van der Waals surface area contributed by atoms with Crippen molar-refractivity contribution in [3.63, 3.8) is 0 Å². The lowest BCUT2D eigenvalue weighted by molar-refractivity contribution is -0.335. The number of hydrogen-bond donors (Lipinski definition) is 1. The summed E-state index contributed by atoms with van der Waals surface area (Å²) >= 11 is 0. The van der Waals surface area contributed by atoms with Crippen LogP contribution in [0.15, 0.2) is 15.7 Å². The fourth-order valence-corrected chi connectivity index (χ4v) is 5.12. The number of hydrogen-bond acceptors (Lipinski definition) is 7. The third kappa shape index (κ3) is 3.25. The Labute approximate surface area is 176 Å². The summed E-state index contributed by atoms with van der Waals surface area (Å²) in [6.07, 6.45) is -2.19. The molecule has 30 heavy (non-hydrogen) atoms. The molecule has 3 aliphatic rings. The van der Waals surface area contributed by atoms with Crippen molar-refractivity contribution in [2.45, 2.75) is 95.8 Å². The largest absolute Gasteiger partial charge is 0.414 e. The van der Waals surface area contributed by atoms with E-state index < -0.39 is 55.7 Å². The molecule has 1 spiro atoms. The molecule has 0 saturated carbocycles. The minimum atomic E-state index is -2.04. The highest BCUT2D eigenvalue weighted by atomic mass is 28.4. The Balaban J connectivity index is 1.72. The number of nitrogens with zero attached hydrogens (tertiary/aromatic N) is 1. The van der Waals surface area contributed by atoms with Gasteiger partial charge in [0.25, 0.3) is 11.5 Å². The van der Waals surface area contributed by atoms with E-state index in [4.69, 9.17) is 23.4 Å². The Hall–Kier alpha value is -1.30. The molecule has 1 N–H and O–H groups in total. The molecule has 168 valence electrons. The summed E-state index contributed by atoms with van der Waals surface area (Å²) in [5, 5.41) is 0.0381. The predicted octanol–water partition coefficient (Wildman–Crippen LogP) is 2.18. The number of fused-ring (bicyclic) bond motifs is 4. The van der Waals surface area contributed by atoms with Crippen LogP contribution >= 0.6 is 0 Å². The van der Waals surface area contributed by atoms with E-state index in [2.05, 4.69) is 38.8 Å². The van der Waals surface area contributed by atoms with Crippen LogP contribution in [0, 0.1) is 0 Å². The summed E-state index contributed by atoms with van der Waals surface area (Å²) in [6, 6.07) is 1.36. The standard InChI is InChI=1S/C20H32N2O7Si/c1-11-12-9-14(23)21-17(24)22(12)20(26-11)16-15(28-19(5,6)29-16)13(27-20)10-25-30(7,8)18(2,3)4/h9,11,13,15-16H,10H2,1-8H3,(H,21,23,24)/t11-,13+,15+,16+,20-/m0/s1. The molecule has 0 aromatic carbocycles. The summed E-state index contributed by atoms with van der Waals surface area (Å²) in [6.45, 7) is 16.6. The van der Waals surface area contributed by atoms with Gasteiger partial charge in [0.05, 0.1) is 12.3 Å². The smallest absolute Gasteiger partial charge is 0.332 e. The third-order valence-electron chi connectivity index (χ3n) is 6.63. The predicted molar refractivity (Wildman–Crippen MR) is 111 cm³/mol. The first kappa shape index (κ1) is 21.9. The molecule has 4 rings (SSSR count). The summed E-state index contributed by atoms with van der Waals surface area (Å²) < 4.78 is 32.6. The number of rotatable bonds is 3. The van der Waals surface area contributed by atoms with Gasteiger partial charge >= 0.3 is 5.69 Å². The van der Waals surface area contributed by atoms with Crippen LogP contribution < -0.4 is 11.2 Å². The molecular weight excluding hydrogens is 408 g/mol. The first-order valence-electron chi connectivity index (χ1n) is 10.4. The zero-order valence-corrected chi connectivity index (χ0v) is 19.9. The van der Waals surface area contributed by atoms with Gasteiger partial charge in [-0.05, 0) is 38.9 Å². The highest BCUT2D eigenvalue weighted by Gasteiger charge is 2.68. The Morgan fingerprint density at radius 3 is 2.47 bits per heavy atom. The maximum Gasteiger partial charge on any atom is 0.332 e. The molecule has 10 heteroatoms. The van der Waals surface area contributed by atoms with Gasteiger partial charge in [0.15, 0.2) is 20.2 Å². The second kappa shape index (κ2) is 6.60. The van der Waals surface area contributed by atoms with Gasteiger partial charge in [0.2, 0.25) is 0 Å². The van der Waals surface area contributed by atoms with Crippen molar-refractivity contribution < 1.29 is 23.4 Å². The van der Waals surface area contributed by atoms with Crippen LogP contribution in [-0.2, 0) is 29.3 Å². The molecule has 2 saturated heterocycles. The van der Waals surface area contributed by atoms with Crippen molar-refractivity contribution in [1.82, 2.24) is 9.55 Å². The van der Waals surface area contributed by atoms with Crippen LogP contribution in [0.4, 0.5) is 0 Å². The van der Waals surface area contributed by atoms with Crippen molar-refractivity contribution in [1.29, 1.82) is 0 Å². The van der Waals surface area contributed by atoms with E-state index in [1.165, 1.54) is 10.6 Å². The summed E-state index contributed by atoms with van der Waals surface area (Å²) in [7, 11) is -2.04. The molecule has 2 fully saturated rings. The second-order valence-corrected chi connectivity index (χ2v) is 15.1. The van der Waals surface area contributed by atoms with Crippen molar-refractivity contribution in [2.24, 2.45) is 0 Å². The van der Waals surface area contributed by atoms with Gasteiger partial charge in [-0.2, -0.15) is 0 Å². The molecule has 9 nitrogen and oxygen atoms in total. The topological polar surface area (TPSA) is 101 Å². The molecule has 0 bridgehead atoms. The minimum Gasteiger partial charge on any atom is -0.414 e. The van der Waals surface area contributed by atoms with E-state index in [0.717, 1.165) is 0 Å². The maximum absolute atomic E-state index is 12.8. The molecule has 4 heterocycles. The van der Waals surface area contributed by atoms with E-state index in [-0.39, 0.29) is 5.04 Å². The van der Waals surface area contributed by atoms with Gasteiger partial charge in [-0.25, -0.2) is 9.36 Å². The fraction of sp³-hybridized carbons (Fsp3) is 0.800. The minimum absolute atomic E-state index is 0.0381. The average Bonchev–Trinajstić information content (AvgIpc) is 3.14. The Morgan fingerprint density at radius 1 is 1.17 bits per heavy atom. The van der Waals surface area contributed by atoms with E-state index in [0.29, 0.717) is 12.3 Å². The van der Waals surface area contributed by atoms with Gasteiger partial charge in [0.1, 0.15) is 18.3 Å². The fourth-order valence-electron chi connectivity index (χ4n) is 4.11. The summed E-state index contributed by atoms with van der Waals surface area (Å²) in [4.78, 5) is 26.9. The van der Waals surface area contributed by atoms with E-state index in [1.807, 2.05) is 13.8 Å². The first-order chi connectivity index (χ1) is 13.7. The van der Waals surface area contributed by atoms with E-state index >= 15 is 0 Å². The van der Waals surface area contributed by atoms with Crippen LogP contribution in [0.5, 0.6) is 0 Å². The molecule has 0 unspecified atom stereocenters. The zero-order chi connectivity index (χ0) is 22.3. The third-order valence-corrected chi connectivity index (χ3v) is 11.1. The lowest BCUT2D eigenvalue weighted by atomic mass is 10.1. The van der Waals surface area contributed by atoms with Crippen LogP contribution in [0.25, 0.3) is 0 Å². The highest BCUT2D eigenvalue weighted by Crippen LogP contribution is 2.52. The van der Waals surface area contributed by atoms with Crippen LogP contribution in [0.3, 0.4) is 0 Å². The first-order valence-corrected chi connectivity index (χ1v) is 13.3. The van der Waals surface area contributed by atoms with Crippen molar-refractivity contribution in [3.05, 3.63) is 32.6 Å². The van der Waals surface area contributed by atoms with Gasteiger partial charge < -0.3 is 23.4 Å². The lowest BCUT2D eigenvalue weighted by Crippen LogP contribution is -2.50. The number of ether oxygens (including phenoxy) is 4. The molecule has 3 aliphatic heterocycles. The molecule has 0 amide bonds. The van der Waals surface area contributed by atoms with Crippen molar-refractivity contribution in [3.8, 4) is 0 Å². The molecule has 5 atom stereocenters. The molecule has 1 aromatic rings. The number of H-pyrrole nitrogens is 1. The van der Waals surface area contributed by atoms with Gasteiger partial charge in [-0.1, -0.05) is 20.8 Å². The van der Waals surface area contributed by atoms with Crippen LogP contribution in [0.2, 0.25) is 18.1 Å². The number of aromatic nitrogens is 2. The van der Waals surface area contributed by atoms with E-state index in [9.17, 15) is 9.59 Å². The second-order valence-electron chi connectivity index (χ2n) is 10.3. The normalized spacial score (nSPS) is 35.1. The molecule has 0 radical (unpaired) electrons. The summed E-state index contributed by atoms with van der Waals surface area (Å²) in [5.74, 6) is -2.39. The Kier molecular flexibility index (Phi) is 4.82. The quantitative estimate of drug-likeness (QED) is 0.719. The number of nitrogens with one attached hydrogen (secondary N) is 1. The monoisotopic (exact) mass is 440 g/mol. The van der Waals surface area contributed by atoms with Crippen molar-refractivity contribution >= 4 is 8.32 Å². The lowest BCUT2D eigenvalue weighted by Gasteiger charge is -2.37. The van der Waals surface area contributed by atoms with Gasteiger partial charge in [-0.3, -0.25) is 9.78 Å². The van der Waals surface area contributed by atoms with Gasteiger partial charge in [0, 0.05) is 6.07 Å². The van der Waals surface area contributed by atoms with Crippen LogP contribution in [0.1, 0.15) is 53.3 Å². The van der Waals surface area contributed by atoms with E-state index in [1.54, 1.807) is 6.92 Å².